The van der Waals surface area contributed by atoms with Gasteiger partial charge in [-0.3, -0.25) is 9.69 Å². The highest BCUT2D eigenvalue weighted by molar-refractivity contribution is 6.32. The molecule has 2 N–H and O–H groups in total. The Labute approximate surface area is 181 Å². The Bertz CT molecular complexity index is 951. The summed E-state index contributed by atoms with van der Waals surface area (Å²) in [6, 6.07) is 24.0. The second-order valence-electron chi connectivity index (χ2n) is 6.83. The van der Waals surface area contributed by atoms with Gasteiger partial charge in [-0.1, -0.05) is 72.3 Å². The summed E-state index contributed by atoms with van der Waals surface area (Å²) in [4.78, 5) is 15.3. The molecule has 0 unspecified atom stereocenters. The fourth-order valence-electron chi connectivity index (χ4n) is 3.36. The Morgan fingerprint density at radius 2 is 1.73 bits per heavy atom. The van der Waals surface area contributed by atoms with Gasteiger partial charge in [0.2, 0.25) is 5.91 Å². The van der Waals surface area contributed by atoms with Crippen LogP contribution in [0.5, 0.6) is 5.75 Å². The number of anilines is 1. The van der Waals surface area contributed by atoms with Crippen molar-refractivity contribution in [2.75, 3.05) is 25.6 Å². The van der Waals surface area contributed by atoms with Crippen LogP contribution in [-0.4, -0.2) is 36.2 Å². The van der Waals surface area contributed by atoms with E-state index in [-0.39, 0.29) is 12.5 Å². The zero-order valence-corrected chi connectivity index (χ0v) is 17.5. The summed E-state index contributed by atoms with van der Waals surface area (Å²) in [6.45, 7) is 0.820. The highest BCUT2D eigenvalue weighted by Gasteiger charge is 2.28. The third-order valence-corrected chi connectivity index (χ3v) is 5.06. The summed E-state index contributed by atoms with van der Waals surface area (Å²) in [7, 11) is 1.54. The summed E-state index contributed by atoms with van der Waals surface area (Å²) in [6.07, 6.45) is 0. The van der Waals surface area contributed by atoms with Gasteiger partial charge in [-0.25, -0.2) is 0 Å². The zero-order valence-electron chi connectivity index (χ0n) is 16.8. The van der Waals surface area contributed by atoms with Gasteiger partial charge in [-0.05, 0) is 29.3 Å². The van der Waals surface area contributed by atoms with Crippen molar-refractivity contribution < 1.29 is 14.6 Å². The number of ether oxygens (including phenoxy) is 1. The molecular weight excluding hydrogens is 400 g/mol. The van der Waals surface area contributed by atoms with E-state index in [4.69, 9.17) is 16.3 Å². The quantitative estimate of drug-likeness (QED) is 0.530. The zero-order chi connectivity index (χ0) is 21.3. The summed E-state index contributed by atoms with van der Waals surface area (Å²) in [5.74, 6) is 0.340. The molecule has 0 saturated carbocycles. The number of hydrogen-bond acceptors (Lipinski definition) is 4. The standard InChI is InChI=1S/C24H25ClN2O3/c1-30-22-13-12-20(16-21(22)25)26-24(29)23(19-10-6-3-7-11-19)27(14-15-28)17-18-8-4-2-5-9-18/h2-13,16,23,28H,14-15,17H2,1H3,(H,26,29)/t23-/m1/s1. The number of halogens is 1. The maximum Gasteiger partial charge on any atom is 0.246 e. The van der Waals surface area contributed by atoms with Crippen LogP contribution in [0.15, 0.2) is 78.9 Å². The van der Waals surface area contributed by atoms with Gasteiger partial charge in [0, 0.05) is 18.8 Å². The molecule has 6 heteroatoms. The summed E-state index contributed by atoms with van der Waals surface area (Å²) in [5.41, 5.74) is 2.49. The fraction of sp³-hybridized carbons (Fsp3) is 0.208. The third-order valence-electron chi connectivity index (χ3n) is 4.76. The minimum absolute atomic E-state index is 0.0577. The van der Waals surface area contributed by atoms with Crippen LogP contribution in [0.4, 0.5) is 5.69 Å². The van der Waals surface area contributed by atoms with Crippen LogP contribution < -0.4 is 10.1 Å². The second-order valence-corrected chi connectivity index (χ2v) is 7.24. The van der Waals surface area contributed by atoms with E-state index >= 15 is 0 Å². The Kier molecular flexibility index (Phi) is 7.85. The van der Waals surface area contributed by atoms with Crippen LogP contribution in [0.3, 0.4) is 0 Å². The molecule has 1 atom stereocenters. The number of amides is 1. The van der Waals surface area contributed by atoms with Gasteiger partial charge in [0.05, 0.1) is 18.7 Å². The molecule has 0 fully saturated rings. The highest BCUT2D eigenvalue weighted by Crippen LogP contribution is 2.29. The van der Waals surface area contributed by atoms with Crippen LogP contribution in [0, 0.1) is 0 Å². The van der Waals surface area contributed by atoms with Crippen molar-refractivity contribution >= 4 is 23.2 Å². The lowest BCUT2D eigenvalue weighted by atomic mass is 10.0. The third kappa shape index (κ3) is 5.60. The number of aliphatic hydroxyl groups is 1. The Morgan fingerprint density at radius 1 is 1.07 bits per heavy atom. The molecular formula is C24H25ClN2O3. The normalized spacial score (nSPS) is 11.9. The van der Waals surface area contributed by atoms with Gasteiger partial charge < -0.3 is 15.2 Å². The highest BCUT2D eigenvalue weighted by atomic mass is 35.5. The topological polar surface area (TPSA) is 61.8 Å². The number of aliphatic hydroxyl groups excluding tert-OH is 1. The molecule has 0 radical (unpaired) electrons. The summed E-state index contributed by atoms with van der Waals surface area (Å²) < 4.78 is 5.18. The van der Waals surface area contributed by atoms with Gasteiger partial charge in [-0.15, -0.1) is 0 Å². The predicted octanol–water partition coefficient (Wildman–Crippen LogP) is 4.52. The lowest BCUT2D eigenvalue weighted by Gasteiger charge is -2.31. The molecule has 3 aromatic rings. The van der Waals surface area contributed by atoms with E-state index in [1.165, 1.54) is 0 Å². The van der Waals surface area contributed by atoms with E-state index in [0.717, 1.165) is 11.1 Å². The van der Waals surface area contributed by atoms with Crippen LogP contribution in [0.1, 0.15) is 17.2 Å². The molecule has 0 bridgehead atoms. The molecule has 5 nitrogen and oxygen atoms in total. The number of nitrogens with one attached hydrogen (secondary N) is 1. The minimum Gasteiger partial charge on any atom is -0.495 e. The van der Waals surface area contributed by atoms with Crippen LogP contribution in [0.2, 0.25) is 5.02 Å². The molecule has 0 spiro atoms. The van der Waals surface area contributed by atoms with E-state index in [1.54, 1.807) is 25.3 Å². The van der Waals surface area contributed by atoms with Crippen LogP contribution in [0.25, 0.3) is 0 Å². The average Bonchev–Trinajstić information content (AvgIpc) is 2.76. The number of nitrogens with zero attached hydrogens (tertiary/aromatic N) is 1. The first kappa shape index (κ1) is 21.8. The largest absolute Gasteiger partial charge is 0.495 e. The molecule has 1 amide bonds. The average molecular weight is 425 g/mol. The van der Waals surface area contributed by atoms with E-state index < -0.39 is 6.04 Å². The lowest BCUT2D eigenvalue weighted by Crippen LogP contribution is -2.38. The maximum absolute atomic E-state index is 13.4. The van der Waals surface area contributed by atoms with Crippen molar-refractivity contribution in [2.45, 2.75) is 12.6 Å². The first-order valence-corrected chi connectivity index (χ1v) is 10.1. The molecule has 30 heavy (non-hydrogen) atoms. The van der Waals surface area contributed by atoms with E-state index in [2.05, 4.69) is 5.32 Å². The van der Waals surface area contributed by atoms with Crippen molar-refractivity contribution in [1.29, 1.82) is 0 Å². The monoisotopic (exact) mass is 424 g/mol. The molecule has 0 aliphatic heterocycles. The number of hydrogen-bond donors (Lipinski definition) is 2. The molecule has 0 heterocycles. The molecule has 3 rings (SSSR count). The Morgan fingerprint density at radius 3 is 2.33 bits per heavy atom. The molecule has 0 aliphatic rings. The number of benzene rings is 3. The fourth-order valence-corrected chi connectivity index (χ4v) is 3.62. The van der Waals surface area contributed by atoms with E-state index in [9.17, 15) is 9.90 Å². The summed E-state index contributed by atoms with van der Waals surface area (Å²) in [5, 5.41) is 13.0. The number of carbonyl (C=O) groups excluding carboxylic acids is 1. The Balaban J connectivity index is 1.90. The molecule has 3 aromatic carbocycles. The van der Waals surface area contributed by atoms with Crippen molar-refractivity contribution in [3.63, 3.8) is 0 Å². The van der Waals surface area contributed by atoms with Crippen LogP contribution >= 0.6 is 11.6 Å². The van der Waals surface area contributed by atoms with Gasteiger partial charge in [0.15, 0.2) is 0 Å². The van der Waals surface area contributed by atoms with E-state index in [0.29, 0.717) is 29.5 Å². The first-order valence-electron chi connectivity index (χ1n) is 9.70. The maximum atomic E-state index is 13.4. The smallest absolute Gasteiger partial charge is 0.246 e. The van der Waals surface area contributed by atoms with Gasteiger partial charge in [0.25, 0.3) is 0 Å². The van der Waals surface area contributed by atoms with Crippen molar-refractivity contribution in [3.05, 3.63) is 95.0 Å². The van der Waals surface area contributed by atoms with E-state index in [1.807, 2.05) is 65.6 Å². The van der Waals surface area contributed by atoms with Gasteiger partial charge in [0.1, 0.15) is 11.8 Å². The molecule has 0 aliphatic carbocycles. The number of rotatable bonds is 9. The van der Waals surface area contributed by atoms with Crippen molar-refractivity contribution in [2.24, 2.45) is 0 Å². The SMILES string of the molecule is COc1ccc(NC(=O)[C@@H](c2ccccc2)N(CCO)Cc2ccccc2)cc1Cl. The van der Waals surface area contributed by atoms with Crippen molar-refractivity contribution in [1.82, 2.24) is 4.90 Å². The second kappa shape index (κ2) is 10.8. The lowest BCUT2D eigenvalue weighted by molar-refractivity contribution is -0.122. The molecule has 156 valence electrons. The number of methoxy groups -OCH3 is 1. The predicted molar refractivity (Wildman–Crippen MR) is 120 cm³/mol. The minimum atomic E-state index is -0.584. The summed E-state index contributed by atoms with van der Waals surface area (Å²) >= 11 is 6.21. The van der Waals surface area contributed by atoms with Gasteiger partial charge in [-0.2, -0.15) is 0 Å². The molecule has 0 aromatic heterocycles. The first-order chi connectivity index (χ1) is 14.6. The molecule has 0 saturated heterocycles. The van der Waals surface area contributed by atoms with Crippen molar-refractivity contribution in [3.8, 4) is 5.75 Å². The Hall–Kier alpha value is -2.86. The number of carbonyl (C=O) groups is 1. The van der Waals surface area contributed by atoms with Crippen LogP contribution in [-0.2, 0) is 11.3 Å². The van der Waals surface area contributed by atoms with Gasteiger partial charge >= 0.3 is 0 Å².